The Morgan fingerprint density at radius 1 is 1.00 bits per heavy atom. The van der Waals surface area contributed by atoms with Crippen LogP contribution in [0.15, 0.2) is 0 Å². The number of esters is 1. The molecule has 0 radical (unpaired) electrons. The van der Waals surface area contributed by atoms with E-state index in [1.54, 1.807) is 0 Å². The number of hydrogen-bond acceptors (Lipinski definition) is 5. The first kappa shape index (κ1) is 19.8. The van der Waals surface area contributed by atoms with Gasteiger partial charge in [0.05, 0.1) is 0 Å². The van der Waals surface area contributed by atoms with Crippen molar-refractivity contribution < 1.29 is 23.9 Å². The van der Waals surface area contributed by atoms with Crippen molar-refractivity contribution in [3.05, 3.63) is 0 Å². The van der Waals surface area contributed by atoms with Crippen LogP contribution in [0.4, 0.5) is 0 Å². The number of carbonyl (C=O) groups is 4. The molecule has 154 valence electrons. The van der Waals surface area contributed by atoms with E-state index in [4.69, 9.17) is 4.74 Å². The molecule has 0 heterocycles. The summed E-state index contributed by atoms with van der Waals surface area (Å²) < 4.78 is 5.56. The van der Waals surface area contributed by atoms with Crippen LogP contribution in [0.3, 0.4) is 0 Å². The van der Waals surface area contributed by atoms with Crippen molar-refractivity contribution in [1.82, 2.24) is 0 Å². The molecule has 4 fully saturated rings. The maximum Gasteiger partial charge on any atom is 0.303 e. The van der Waals surface area contributed by atoms with Gasteiger partial charge in [-0.05, 0) is 68.6 Å². The maximum absolute atomic E-state index is 13.3. The van der Waals surface area contributed by atoms with Crippen molar-refractivity contribution in [2.75, 3.05) is 0 Å². The molecule has 0 unspecified atom stereocenters. The van der Waals surface area contributed by atoms with Crippen LogP contribution in [0.2, 0.25) is 0 Å². The molecule has 0 aromatic rings. The Morgan fingerprint density at radius 3 is 2.36 bits per heavy atom. The van der Waals surface area contributed by atoms with E-state index in [1.165, 1.54) is 13.8 Å². The first-order valence-corrected chi connectivity index (χ1v) is 10.8. The SMILES string of the molecule is CC(=O)O[C@]1(C(C)=O)CC[C@@]2(C)[C@@H](CC(=O)[C@@H]3[C@H]2CC[C@]2(C)C(=O)CC[C@H]32)C1. The Labute approximate surface area is 167 Å². The molecule has 0 aliphatic heterocycles. The van der Waals surface area contributed by atoms with Crippen molar-refractivity contribution in [2.24, 2.45) is 34.5 Å². The van der Waals surface area contributed by atoms with E-state index >= 15 is 0 Å². The molecule has 0 N–H and O–H groups in total. The topological polar surface area (TPSA) is 77.5 Å². The summed E-state index contributed by atoms with van der Waals surface area (Å²) in [6, 6.07) is 0. The highest BCUT2D eigenvalue weighted by atomic mass is 16.6. The molecule has 0 amide bonds. The van der Waals surface area contributed by atoms with Crippen LogP contribution in [0, 0.1) is 34.5 Å². The van der Waals surface area contributed by atoms with Crippen LogP contribution >= 0.6 is 0 Å². The van der Waals surface area contributed by atoms with E-state index < -0.39 is 11.6 Å². The predicted molar refractivity (Wildman–Crippen MR) is 102 cm³/mol. The molecule has 4 aliphatic rings. The number of fused-ring (bicyclic) bond motifs is 5. The zero-order chi connectivity index (χ0) is 20.5. The lowest BCUT2D eigenvalue weighted by molar-refractivity contribution is -0.187. The molecule has 7 atom stereocenters. The monoisotopic (exact) mass is 388 g/mol. The van der Waals surface area contributed by atoms with E-state index in [9.17, 15) is 19.2 Å². The summed E-state index contributed by atoms with van der Waals surface area (Å²) in [6.45, 7) is 7.20. The van der Waals surface area contributed by atoms with Crippen LogP contribution in [-0.4, -0.2) is 28.9 Å². The van der Waals surface area contributed by atoms with Gasteiger partial charge in [-0.3, -0.25) is 19.2 Å². The summed E-state index contributed by atoms with van der Waals surface area (Å²) >= 11 is 0. The van der Waals surface area contributed by atoms with Crippen LogP contribution in [0.1, 0.15) is 79.1 Å². The second-order valence-corrected chi connectivity index (χ2v) is 10.4. The fraction of sp³-hybridized carbons (Fsp3) is 0.826. The van der Waals surface area contributed by atoms with Crippen molar-refractivity contribution in [3.63, 3.8) is 0 Å². The van der Waals surface area contributed by atoms with E-state index in [1.807, 2.05) is 0 Å². The van der Waals surface area contributed by atoms with Crippen LogP contribution in [0.25, 0.3) is 0 Å². The van der Waals surface area contributed by atoms with Gasteiger partial charge < -0.3 is 4.74 Å². The third kappa shape index (κ3) is 2.57. The van der Waals surface area contributed by atoms with Gasteiger partial charge in [-0.1, -0.05) is 13.8 Å². The average Bonchev–Trinajstić information content (AvgIpc) is 2.91. The maximum atomic E-state index is 13.3. The Balaban J connectivity index is 1.66. The Kier molecular flexibility index (Phi) is 4.41. The van der Waals surface area contributed by atoms with E-state index in [0.717, 1.165) is 25.7 Å². The second-order valence-electron chi connectivity index (χ2n) is 10.4. The van der Waals surface area contributed by atoms with Gasteiger partial charge in [0.2, 0.25) is 0 Å². The molecular formula is C23H32O5. The summed E-state index contributed by atoms with van der Waals surface area (Å²) in [6.07, 6.45) is 5.44. The molecule has 0 saturated heterocycles. The summed E-state index contributed by atoms with van der Waals surface area (Å²) in [5.41, 5.74) is -1.43. The fourth-order valence-corrected chi connectivity index (χ4v) is 7.44. The van der Waals surface area contributed by atoms with Crippen LogP contribution < -0.4 is 0 Å². The first-order chi connectivity index (χ1) is 13.0. The number of ether oxygens (including phenoxy) is 1. The zero-order valence-corrected chi connectivity index (χ0v) is 17.5. The van der Waals surface area contributed by atoms with Gasteiger partial charge in [0.25, 0.3) is 0 Å². The third-order valence-corrected chi connectivity index (χ3v) is 9.20. The standard InChI is InChI=1S/C23H32O5/c1-13(24)23(28-14(2)25)10-9-21(3)15(12-23)11-18(26)20-16-5-6-19(27)22(16,4)8-7-17(20)21/h15-17,20H,5-12H2,1-4H3/t15-,16+,17+,20-,21-,22-,23+/m0/s1. The molecule has 0 bridgehead atoms. The lowest BCUT2D eigenvalue weighted by Crippen LogP contribution is -2.60. The van der Waals surface area contributed by atoms with Crippen LogP contribution in [-0.2, 0) is 23.9 Å². The molecule has 28 heavy (non-hydrogen) atoms. The Bertz CT molecular complexity index is 756. The normalized spacial score (nSPS) is 47.7. The zero-order valence-electron chi connectivity index (χ0n) is 17.5. The summed E-state index contributed by atoms with van der Waals surface area (Å²) in [4.78, 5) is 50.0. The smallest absolute Gasteiger partial charge is 0.303 e. The van der Waals surface area contributed by atoms with E-state index in [-0.39, 0.29) is 46.1 Å². The molecule has 0 aromatic carbocycles. The van der Waals surface area contributed by atoms with Crippen molar-refractivity contribution >= 4 is 23.3 Å². The Hall–Kier alpha value is -1.52. The van der Waals surface area contributed by atoms with Gasteiger partial charge >= 0.3 is 5.97 Å². The third-order valence-electron chi connectivity index (χ3n) is 9.20. The molecular weight excluding hydrogens is 356 g/mol. The number of carbonyl (C=O) groups excluding carboxylic acids is 4. The molecule has 0 aromatic heterocycles. The lowest BCUT2D eigenvalue weighted by atomic mass is 9.44. The Morgan fingerprint density at radius 2 is 1.71 bits per heavy atom. The first-order valence-electron chi connectivity index (χ1n) is 10.8. The van der Waals surface area contributed by atoms with Crippen molar-refractivity contribution in [2.45, 2.75) is 84.7 Å². The average molecular weight is 389 g/mol. The highest BCUT2D eigenvalue weighted by Crippen LogP contribution is 2.65. The van der Waals surface area contributed by atoms with Crippen molar-refractivity contribution in [3.8, 4) is 0 Å². The minimum Gasteiger partial charge on any atom is -0.451 e. The molecule has 4 saturated carbocycles. The number of Topliss-reactive ketones (excluding diaryl/α,β-unsaturated/α-hetero) is 3. The summed E-state index contributed by atoms with van der Waals surface area (Å²) in [5, 5.41) is 0. The minimum atomic E-state index is -1.07. The van der Waals surface area contributed by atoms with Gasteiger partial charge in [-0.25, -0.2) is 0 Å². The largest absolute Gasteiger partial charge is 0.451 e. The quantitative estimate of drug-likeness (QED) is 0.675. The van der Waals surface area contributed by atoms with E-state index in [0.29, 0.717) is 31.5 Å². The molecule has 5 nitrogen and oxygen atoms in total. The lowest BCUT2D eigenvalue weighted by Gasteiger charge is -2.60. The number of hydrogen-bond donors (Lipinski definition) is 0. The highest BCUT2D eigenvalue weighted by molar-refractivity contribution is 5.91. The fourth-order valence-electron chi connectivity index (χ4n) is 7.44. The minimum absolute atomic E-state index is 0.0231. The predicted octanol–water partition coefficient (Wildman–Crippen LogP) is 3.67. The second kappa shape index (κ2) is 6.24. The summed E-state index contributed by atoms with van der Waals surface area (Å²) in [7, 11) is 0. The molecule has 4 aliphatic carbocycles. The molecule has 0 spiro atoms. The van der Waals surface area contributed by atoms with Gasteiger partial charge in [0.15, 0.2) is 11.4 Å². The van der Waals surface area contributed by atoms with Gasteiger partial charge in [-0.2, -0.15) is 0 Å². The van der Waals surface area contributed by atoms with E-state index in [2.05, 4.69) is 13.8 Å². The van der Waals surface area contributed by atoms with Gasteiger partial charge in [-0.15, -0.1) is 0 Å². The van der Waals surface area contributed by atoms with Crippen LogP contribution in [0.5, 0.6) is 0 Å². The van der Waals surface area contributed by atoms with Gasteiger partial charge in [0, 0.05) is 31.1 Å². The highest BCUT2D eigenvalue weighted by Gasteiger charge is 2.64. The van der Waals surface area contributed by atoms with Crippen molar-refractivity contribution in [1.29, 1.82) is 0 Å². The number of rotatable bonds is 2. The number of ketones is 3. The summed E-state index contributed by atoms with van der Waals surface area (Å²) in [5.74, 6) is 0.533. The molecule has 5 heteroatoms. The molecule has 4 rings (SSSR count). The van der Waals surface area contributed by atoms with Gasteiger partial charge in [0.1, 0.15) is 11.6 Å².